The van der Waals surface area contributed by atoms with Gasteiger partial charge in [0.25, 0.3) is 5.91 Å². The lowest BCUT2D eigenvalue weighted by molar-refractivity contribution is 0.103. The van der Waals surface area contributed by atoms with Gasteiger partial charge in [0.15, 0.2) is 5.84 Å². The van der Waals surface area contributed by atoms with Crippen LogP contribution >= 0.6 is 22.9 Å². The van der Waals surface area contributed by atoms with E-state index in [1.54, 1.807) is 5.38 Å². The lowest BCUT2D eigenvalue weighted by atomic mass is 10.3. The molecule has 1 amide bonds. The van der Waals surface area contributed by atoms with Gasteiger partial charge in [-0.15, -0.1) is 11.3 Å². The Morgan fingerprint density at radius 1 is 1.68 bits per heavy atom. The number of nitrogens with two attached hydrogens (primary N) is 1. The Labute approximate surface area is 117 Å². The number of carbonyl (C=O) groups is 1. The van der Waals surface area contributed by atoms with E-state index in [9.17, 15) is 4.79 Å². The van der Waals surface area contributed by atoms with Gasteiger partial charge in [0.2, 0.25) is 0 Å². The first-order valence-electron chi connectivity index (χ1n) is 5.10. The molecule has 0 unspecified atom stereocenters. The van der Waals surface area contributed by atoms with Crippen LogP contribution in [0.15, 0.2) is 16.7 Å². The summed E-state index contributed by atoms with van der Waals surface area (Å²) in [6.07, 6.45) is 1.34. The Bertz CT molecular complexity index is 648. The van der Waals surface area contributed by atoms with Crippen molar-refractivity contribution >= 4 is 40.5 Å². The molecule has 2 aromatic rings. The van der Waals surface area contributed by atoms with Gasteiger partial charge in [-0.3, -0.25) is 9.89 Å². The predicted octanol–water partition coefficient (Wildman–Crippen LogP) is 1.78. The predicted molar refractivity (Wildman–Crippen MR) is 73.1 cm³/mol. The van der Waals surface area contributed by atoms with Gasteiger partial charge in [0.05, 0.1) is 16.8 Å². The van der Waals surface area contributed by atoms with E-state index >= 15 is 0 Å². The highest BCUT2D eigenvalue weighted by atomic mass is 35.5. The Kier molecular flexibility index (Phi) is 3.72. The summed E-state index contributed by atoms with van der Waals surface area (Å²) in [5.74, 6) is -0.306. The average Bonchev–Trinajstić information content (AvgIpc) is 2.97. The van der Waals surface area contributed by atoms with Crippen molar-refractivity contribution < 1.29 is 10.0 Å². The van der Waals surface area contributed by atoms with Crippen LogP contribution in [0.3, 0.4) is 0 Å². The maximum Gasteiger partial charge on any atom is 0.268 e. The molecule has 2 heterocycles. The van der Waals surface area contributed by atoms with Gasteiger partial charge >= 0.3 is 0 Å². The van der Waals surface area contributed by atoms with E-state index < -0.39 is 0 Å². The SMILES string of the molecule is Cc1csc(C(=O)Nc2[nH]ncc2C(N)=NO)c1Cl. The number of amides is 1. The summed E-state index contributed by atoms with van der Waals surface area (Å²) in [6.45, 7) is 1.81. The second-order valence-corrected chi connectivity index (χ2v) is 4.92. The maximum absolute atomic E-state index is 12.0. The first-order chi connectivity index (χ1) is 9.04. The molecule has 100 valence electrons. The first-order valence-corrected chi connectivity index (χ1v) is 6.36. The van der Waals surface area contributed by atoms with Crippen molar-refractivity contribution in [2.45, 2.75) is 6.92 Å². The largest absolute Gasteiger partial charge is 0.409 e. The number of hydrogen-bond acceptors (Lipinski definition) is 5. The summed E-state index contributed by atoms with van der Waals surface area (Å²) in [5, 5.41) is 22.5. The molecule has 0 radical (unpaired) electrons. The monoisotopic (exact) mass is 299 g/mol. The minimum atomic E-state index is -0.390. The molecule has 0 fully saturated rings. The highest BCUT2D eigenvalue weighted by Gasteiger charge is 2.18. The smallest absolute Gasteiger partial charge is 0.268 e. The van der Waals surface area contributed by atoms with Crippen LogP contribution in [0.2, 0.25) is 5.02 Å². The van der Waals surface area contributed by atoms with Crippen LogP contribution in [-0.2, 0) is 0 Å². The fourth-order valence-electron chi connectivity index (χ4n) is 1.38. The number of nitrogens with zero attached hydrogens (tertiary/aromatic N) is 2. The van der Waals surface area contributed by atoms with E-state index in [0.717, 1.165) is 5.56 Å². The molecule has 7 nitrogen and oxygen atoms in total. The second kappa shape index (κ2) is 5.29. The number of H-pyrrole nitrogens is 1. The first kappa shape index (κ1) is 13.4. The third kappa shape index (κ3) is 2.54. The summed E-state index contributed by atoms with van der Waals surface area (Å²) in [4.78, 5) is 12.4. The molecule has 9 heteroatoms. The summed E-state index contributed by atoms with van der Waals surface area (Å²) >= 11 is 7.25. The molecule has 5 N–H and O–H groups in total. The number of oxime groups is 1. The number of anilines is 1. The van der Waals surface area contributed by atoms with Crippen LogP contribution < -0.4 is 11.1 Å². The Hall–Kier alpha value is -2.06. The minimum Gasteiger partial charge on any atom is -0.409 e. The second-order valence-electron chi connectivity index (χ2n) is 3.66. The van der Waals surface area contributed by atoms with Crippen LogP contribution in [0.5, 0.6) is 0 Å². The van der Waals surface area contributed by atoms with Crippen molar-refractivity contribution in [2.24, 2.45) is 10.9 Å². The molecule has 0 aliphatic carbocycles. The summed E-state index contributed by atoms with van der Waals surface area (Å²) in [5.41, 5.74) is 6.58. The van der Waals surface area contributed by atoms with Gasteiger partial charge in [0.1, 0.15) is 10.7 Å². The molecular formula is C10H10ClN5O2S. The molecule has 0 aliphatic heterocycles. The number of hydrogen-bond donors (Lipinski definition) is 4. The fraction of sp³-hybridized carbons (Fsp3) is 0.100. The van der Waals surface area contributed by atoms with E-state index in [0.29, 0.717) is 15.5 Å². The van der Waals surface area contributed by atoms with Gasteiger partial charge in [-0.25, -0.2) is 0 Å². The molecule has 0 saturated carbocycles. The molecular weight excluding hydrogens is 290 g/mol. The van der Waals surface area contributed by atoms with E-state index in [-0.39, 0.29) is 17.6 Å². The molecule has 2 aromatic heterocycles. The lowest BCUT2D eigenvalue weighted by Gasteiger charge is -2.03. The lowest BCUT2D eigenvalue weighted by Crippen LogP contribution is -2.18. The molecule has 0 aromatic carbocycles. The average molecular weight is 300 g/mol. The number of halogens is 1. The maximum atomic E-state index is 12.0. The third-order valence-electron chi connectivity index (χ3n) is 2.37. The van der Waals surface area contributed by atoms with E-state index in [1.807, 2.05) is 6.92 Å². The molecule has 2 rings (SSSR count). The number of thiophene rings is 1. The summed E-state index contributed by atoms with van der Waals surface area (Å²) < 4.78 is 0. The molecule has 0 bridgehead atoms. The number of amidine groups is 1. The van der Waals surface area contributed by atoms with Gasteiger partial charge in [-0.2, -0.15) is 5.10 Å². The normalized spacial score (nSPS) is 11.6. The van der Waals surface area contributed by atoms with Crippen molar-refractivity contribution in [3.63, 3.8) is 0 Å². The molecule has 0 aliphatic rings. The van der Waals surface area contributed by atoms with Crippen molar-refractivity contribution in [3.8, 4) is 0 Å². The molecule has 0 atom stereocenters. The number of nitrogens with one attached hydrogen (secondary N) is 2. The van der Waals surface area contributed by atoms with Crippen molar-refractivity contribution in [2.75, 3.05) is 5.32 Å². The third-order valence-corrected chi connectivity index (χ3v) is 4.06. The van der Waals surface area contributed by atoms with Gasteiger partial charge < -0.3 is 16.3 Å². The summed E-state index contributed by atoms with van der Waals surface area (Å²) in [7, 11) is 0. The zero-order valence-corrected chi connectivity index (χ0v) is 11.3. The Balaban J connectivity index is 2.25. The van der Waals surface area contributed by atoms with E-state index in [1.165, 1.54) is 17.5 Å². The van der Waals surface area contributed by atoms with Gasteiger partial charge in [0, 0.05) is 0 Å². The number of aromatic amines is 1. The van der Waals surface area contributed by atoms with Crippen LogP contribution in [0.25, 0.3) is 0 Å². The molecule has 19 heavy (non-hydrogen) atoms. The Morgan fingerprint density at radius 3 is 3.00 bits per heavy atom. The van der Waals surface area contributed by atoms with Crippen LogP contribution in [0.4, 0.5) is 5.82 Å². The van der Waals surface area contributed by atoms with E-state index in [2.05, 4.69) is 20.7 Å². The molecule has 0 saturated heterocycles. The van der Waals surface area contributed by atoms with Crippen molar-refractivity contribution in [3.05, 3.63) is 32.6 Å². The highest BCUT2D eigenvalue weighted by molar-refractivity contribution is 7.13. The topological polar surface area (TPSA) is 116 Å². The Morgan fingerprint density at radius 2 is 2.42 bits per heavy atom. The number of carbonyl (C=O) groups excluding carboxylic acids is 1. The van der Waals surface area contributed by atoms with Crippen LogP contribution in [-0.4, -0.2) is 27.1 Å². The van der Waals surface area contributed by atoms with Gasteiger partial charge in [-0.05, 0) is 17.9 Å². The number of aryl methyl sites for hydroxylation is 1. The van der Waals surface area contributed by atoms with Crippen LogP contribution in [0, 0.1) is 6.92 Å². The fourth-order valence-corrected chi connectivity index (χ4v) is 2.56. The highest BCUT2D eigenvalue weighted by Crippen LogP contribution is 2.28. The summed E-state index contributed by atoms with van der Waals surface area (Å²) in [6, 6.07) is 0. The zero-order chi connectivity index (χ0) is 14.0. The number of rotatable bonds is 3. The minimum absolute atomic E-state index is 0.155. The zero-order valence-electron chi connectivity index (χ0n) is 9.77. The number of aromatic nitrogens is 2. The van der Waals surface area contributed by atoms with Gasteiger partial charge in [-0.1, -0.05) is 16.8 Å². The molecule has 0 spiro atoms. The van der Waals surface area contributed by atoms with Crippen molar-refractivity contribution in [1.82, 2.24) is 10.2 Å². The van der Waals surface area contributed by atoms with Crippen LogP contribution in [0.1, 0.15) is 20.8 Å². The van der Waals surface area contributed by atoms with Crippen molar-refractivity contribution in [1.29, 1.82) is 0 Å². The standard InChI is InChI=1S/C10H10ClN5O2S/c1-4-3-19-7(6(4)11)10(17)14-9-5(2-13-15-9)8(12)16-18/h2-3,18H,1H3,(H2,12,16)(H2,13,14,15,17). The van der Waals surface area contributed by atoms with E-state index in [4.69, 9.17) is 22.5 Å². The quantitative estimate of drug-likeness (QED) is 0.299.